The van der Waals surface area contributed by atoms with Crippen LogP contribution in [0, 0.1) is 0 Å². The third kappa shape index (κ3) is 1.23. The van der Waals surface area contributed by atoms with E-state index in [1.54, 1.807) is 0 Å². The zero-order valence-electron chi connectivity index (χ0n) is 6.92. The SMILES string of the molecule is C=S1(=O)OS(=O)(=O)C(F)(F)C(F)(F)C1(F)F. The third-order valence-corrected chi connectivity index (χ3v) is 5.15. The van der Waals surface area contributed by atoms with Gasteiger partial charge in [-0.15, -0.1) is 0 Å². The largest absolute Gasteiger partial charge is 0.440 e. The topological polar surface area (TPSA) is 60.4 Å². The van der Waals surface area contributed by atoms with Crippen LogP contribution >= 0.6 is 0 Å². The van der Waals surface area contributed by atoms with Crippen LogP contribution in [0.2, 0.25) is 0 Å². The fourth-order valence-corrected chi connectivity index (χ4v) is 3.62. The molecule has 0 aromatic carbocycles. The molecular weight excluding hydrogens is 290 g/mol. The van der Waals surface area contributed by atoms with Crippen molar-refractivity contribution in [3.63, 3.8) is 0 Å². The molecule has 1 saturated heterocycles. The molecule has 0 spiro atoms. The van der Waals surface area contributed by atoms with E-state index in [1.165, 1.54) is 0 Å². The van der Waals surface area contributed by atoms with E-state index < -0.39 is 36.4 Å². The average molecular weight is 292 g/mol. The van der Waals surface area contributed by atoms with E-state index in [2.05, 4.69) is 3.63 Å². The van der Waals surface area contributed by atoms with E-state index in [4.69, 9.17) is 0 Å². The Bertz CT molecular complexity index is 471. The zero-order chi connectivity index (χ0) is 13.2. The lowest BCUT2D eigenvalue weighted by Crippen LogP contribution is -2.65. The molecule has 16 heavy (non-hydrogen) atoms. The third-order valence-electron chi connectivity index (χ3n) is 1.64. The van der Waals surface area contributed by atoms with Crippen molar-refractivity contribution in [3.8, 4) is 0 Å². The molecule has 1 aliphatic rings. The lowest BCUT2D eigenvalue weighted by Gasteiger charge is -2.37. The van der Waals surface area contributed by atoms with E-state index >= 15 is 0 Å². The van der Waals surface area contributed by atoms with Crippen LogP contribution in [0.5, 0.6) is 0 Å². The van der Waals surface area contributed by atoms with Gasteiger partial charge in [0.05, 0.1) is 0 Å². The highest BCUT2D eigenvalue weighted by atomic mass is 32.3. The molecule has 0 saturated carbocycles. The van der Waals surface area contributed by atoms with Gasteiger partial charge in [-0.1, -0.05) is 0 Å². The number of halogens is 6. The molecule has 1 atom stereocenters. The highest BCUT2D eigenvalue weighted by molar-refractivity contribution is 8.06. The molecule has 0 aromatic rings. The van der Waals surface area contributed by atoms with Gasteiger partial charge >= 0.3 is 26.5 Å². The Morgan fingerprint density at radius 3 is 1.62 bits per heavy atom. The summed E-state index contributed by atoms with van der Waals surface area (Å²) in [5.41, 5.74) is 0. The molecule has 0 N–H and O–H groups in total. The molecule has 96 valence electrons. The summed E-state index contributed by atoms with van der Waals surface area (Å²) < 4.78 is 110. The van der Waals surface area contributed by atoms with Crippen LogP contribution in [0.1, 0.15) is 0 Å². The molecule has 1 heterocycles. The smallest absolute Gasteiger partial charge is 0.233 e. The summed E-state index contributed by atoms with van der Waals surface area (Å²) in [5, 5.41) is -12.1. The van der Waals surface area contributed by atoms with Crippen molar-refractivity contribution in [1.29, 1.82) is 0 Å². The van der Waals surface area contributed by atoms with Gasteiger partial charge in [-0.3, -0.25) is 0 Å². The molecule has 1 fully saturated rings. The summed E-state index contributed by atoms with van der Waals surface area (Å²) in [4.78, 5) is 0. The predicted octanol–water partition coefficient (Wildman–Crippen LogP) is 0.799. The highest BCUT2D eigenvalue weighted by Crippen LogP contribution is 2.55. The fraction of sp³-hybridized carbons (Fsp3) is 0.750. The Hall–Kier alpha value is -0.490. The van der Waals surface area contributed by atoms with Crippen molar-refractivity contribution < 1.29 is 42.6 Å². The van der Waals surface area contributed by atoms with Crippen molar-refractivity contribution in [3.05, 3.63) is 0 Å². The second-order valence-electron chi connectivity index (χ2n) is 2.74. The van der Waals surface area contributed by atoms with Crippen LogP contribution < -0.4 is 0 Å². The molecule has 4 nitrogen and oxygen atoms in total. The maximum atomic E-state index is 12.6. The van der Waals surface area contributed by atoms with Gasteiger partial charge < -0.3 is 0 Å². The fourth-order valence-electron chi connectivity index (χ4n) is 0.752. The van der Waals surface area contributed by atoms with Gasteiger partial charge in [0.2, 0.25) is 0 Å². The summed E-state index contributed by atoms with van der Waals surface area (Å²) in [7, 11) is -12.1. The van der Waals surface area contributed by atoms with Crippen LogP contribution in [-0.2, 0) is 23.6 Å². The van der Waals surface area contributed by atoms with Crippen LogP contribution in [0.15, 0.2) is 0 Å². The molecule has 0 radical (unpaired) electrons. The van der Waals surface area contributed by atoms with E-state index in [-0.39, 0.29) is 0 Å². The molecule has 0 amide bonds. The van der Waals surface area contributed by atoms with Gasteiger partial charge in [-0.05, 0) is 5.87 Å². The Morgan fingerprint density at radius 1 is 0.875 bits per heavy atom. The van der Waals surface area contributed by atoms with Crippen molar-refractivity contribution >= 4 is 25.8 Å². The number of hydrogen-bond donors (Lipinski definition) is 0. The van der Waals surface area contributed by atoms with Gasteiger partial charge in [-0.25, -0.2) is 4.21 Å². The van der Waals surface area contributed by atoms with Gasteiger partial charge in [0.15, 0.2) is 9.80 Å². The van der Waals surface area contributed by atoms with Gasteiger partial charge in [-0.2, -0.15) is 38.4 Å². The number of alkyl halides is 6. The first-order chi connectivity index (χ1) is 6.71. The summed E-state index contributed by atoms with van der Waals surface area (Å²) in [5.74, 6) is -4.48. The van der Waals surface area contributed by atoms with Gasteiger partial charge in [0.25, 0.3) is 0 Å². The molecule has 0 aromatic heterocycles. The molecule has 1 unspecified atom stereocenters. The van der Waals surface area contributed by atoms with Crippen LogP contribution in [-0.4, -0.2) is 34.9 Å². The molecule has 0 bridgehead atoms. The van der Waals surface area contributed by atoms with E-state index in [0.29, 0.717) is 0 Å². The first kappa shape index (κ1) is 13.6. The Balaban J connectivity index is 3.70. The maximum Gasteiger partial charge on any atom is 0.440 e. The second-order valence-corrected chi connectivity index (χ2v) is 6.45. The molecular formula is C4H2F6O4S2. The minimum atomic E-state index is -6.45. The van der Waals surface area contributed by atoms with Crippen molar-refractivity contribution in [2.24, 2.45) is 0 Å². The molecule has 1 aliphatic heterocycles. The first-order valence-electron chi connectivity index (χ1n) is 3.16. The molecule has 0 aliphatic carbocycles. The summed E-state index contributed by atoms with van der Waals surface area (Å²) in [6.07, 6.45) is 0. The number of rotatable bonds is 0. The van der Waals surface area contributed by atoms with E-state index in [9.17, 15) is 39.0 Å². The Morgan fingerprint density at radius 2 is 1.25 bits per heavy atom. The zero-order valence-corrected chi connectivity index (χ0v) is 8.56. The van der Waals surface area contributed by atoms with Crippen LogP contribution in [0.25, 0.3) is 0 Å². The van der Waals surface area contributed by atoms with E-state index in [1.807, 2.05) is 5.87 Å². The van der Waals surface area contributed by atoms with Gasteiger partial charge in [0, 0.05) is 0 Å². The van der Waals surface area contributed by atoms with Crippen LogP contribution in [0.4, 0.5) is 26.3 Å². The Kier molecular flexibility index (Phi) is 2.41. The van der Waals surface area contributed by atoms with Gasteiger partial charge in [0.1, 0.15) is 0 Å². The summed E-state index contributed by atoms with van der Waals surface area (Å²) in [6.45, 7) is 0. The lowest BCUT2D eigenvalue weighted by molar-refractivity contribution is -0.250. The van der Waals surface area contributed by atoms with Crippen molar-refractivity contribution in [2.75, 3.05) is 0 Å². The monoisotopic (exact) mass is 292 g/mol. The standard InChI is InChI=1S/C4H2F6O4S2/c1-15(11)3(7,8)2(5,6)4(9,10)16(12,13)14-15/h1H2. The average Bonchev–Trinajstić information content (AvgIpc) is 1.98. The van der Waals surface area contributed by atoms with Crippen LogP contribution in [0.3, 0.4) is 0 Å². The quantitative estimate of drug-likeness (QED) is 0.489. The molecule has 12 heteroatoms. The lowest BCUT2D eigenvalue weighted by atomic mass is 10.3. The van der Waals surface area contributed by atoms with Crippen molar-refractivity contribution in [1.82, 2.24) is 0 Å². The predicted molar refractivity (Wildman–Crippen MR) is 40.1 cm³/mol. The summed E-state index contributed by atoms with van der Waals surface area (Å²) in [6, 6.07) is 0. The Labute approximate surface area is 85.5 Å². The molecule has 1 rings (SSSR count). The van der Waals surface area contributed by atoms with Crippen molar-refractivity contribution in [2.45, 2.75) is 16.4 Å². The minimum absolute atomic E-state index is 1.90. The second kappa shape index (κ2) is 2.85. The normalized spacial score (nSPS) is 39.1. The maximum absolute atomic E-state index is 12.6. The highest BCUT2D eigenvalue weighted by Gasteiger charge is 2.85. The first-order valence-corrected chi connectivity index (χ1v) is 6.22. The van der Waals surface area contributed by atoms with E-state index in [0.717, 1.165) is 0 Å². The minimum Gasteiger partial charge on any atom is -0.233 e. The number of hydrogen-bond acceptors (Lipinski definition) is 4. The summed E-state index contributed by atoms with van der Waals surface area (Å²) >= 11 is 0.